The molecule has 0 spiro atoms. The Morgan fingerprint density at radius 3 is 2.00 bits per heavy atom. The summed E-state index contributed by atoms with van der Waals surface area (Å²) >= 11 is 0. The van der Waals surface area contributed by atoms with Gasteiger partial charge in [-0.1, -0.05) is 0 Å². The van der Waals surface area contributed by atoms with Crippen LogP contribution in [0.3, 0.4) is 0 Å². The molecule has 2 aromatic carbocycles. The van der Waals surface area contributed by atoms with Crippen LogP contribution >= 0.6 is 0 Å². The highest BCUT2D eigenvalue weighted by molar-refractivity contribution is 5.88. The lowest BCUT2D eigenvalue weighted by molar-refractivity contribution is -0.341. The van der Waals surface area contributed by atoms with Crippen molar-refractivity contribution >= 4 is 11.0 Å². The molecule has 0 radical (unpaired) electrons. The van der Waals surface area contributed by atoms with Gasteiger partial charge in [0.15, 0.2) is 18.2 Å². The summed E-state index contributed by atoms with van der Waals surface area (Å²) in [6.07, 6.45) is -21.5. The zero-order valence-electron chi connectivity index (χ0n) is 26.5. The van der Waals surface area contributed by atoms with Crippen molar-refractivity contribution in [2.24, 2.45) is 0 Å². The summed E-state index contributed by atoms with van der Waals surface area (Å²) in [5.41, 5.74) is -1.06. The molecule has 14 atom stereocenters. The number of fused-ring (bicyclic) bond motifs is 1. The molecule has 3 aromatic rings. The molecule has 1 aromatic heterocycles. The fraction of sp³-hybridized carbons (Fsp3) is 0.531. The van der Waals surface area contributed by atoms with Crippen LogP contribution in [0.25, 0.3) is 22.3 Å². The van der Waals surface area contributed by atoms with E-state index in [2.05, 4.69) is 0 Å². The number of phenols is 2. The molecular weight excluding hydrogens is 672 g/mol. The van der Waals surface area contributed by atoms with Gasteiger partial charge in [-0.25, -0.2) is 0 Å². The van der Waals surface area contributed by atoms with Gasteiger partial charge in [0.05, 0.1) is 18.8 Å². The third-order valence-corrected chi connectivity index (χ3v) is 8.86. The molecule has 0 saturated carbocycles. The van der Waals surface area contributed by atoms with Crippen molar-refractivity contribution in [3.05, 3.63) is 46.6 Å². The Morgan fingerprint density at radius 1 is 0.700 bits per heavy atom. The van der Waals surface area contributed by atoms with Gasteiger partial charge in [-0.05, 0) is 38.1 Å². The molecule has 50 heavy (non-hydrogen) atoms. The molecule has 4 heterocycles. The van der Waals surface area contributed by atoms with Gasteiger partial charge in [0.2, 0.25) is 23.8 Å². The molecule has 274 valence electrons. The van der Waals surface area contributed by atoms with Crippen LogP contribution in [0.2, 0.25) is 0 Å². The molecule has 3 saturated heterocycles. The Hall–Kier alpha value is -3.63. The minimum atomic E-state index is -1.80. The van der Waals surface area contributed by atoms with E-state index in [4.69, 9.17) is 32.8 Å². The van der Waals surface area contributed by atoms with E-state index in [-0.39, 0.29) is 28.4 Å². The van der Waals surface area contributed by atoms with Gasteiger partial charge in [-0.2, -0.15) is 0 Å². The molecule has 6 rings (SSSR count). The number of benzene rings is 2. The summed E-state index contributed by atoms with van der Waals surface area (Å²) in [7, 11) is 0. The van der Waals surface area contributed by atoms with Crippen molar-refractivity contribution in [2.75, 3.05) is 6.61 Å². The first-order valence-electron chi connectivity index (χ1n) is 15.6. The van der Waals surface area contributed by atoms with Crippen molar-refractivity contribution in [2.45, 2.75) is 99.9 Å². The quantitative estimate of drug-likeness (QED) is 0.124. The standard InChI is InChI=1S/C32H38O18/c1-10-19(36)23(40)26(43)31(45-10)47-14-7-15(34)18-17(8-14)48-27(12-3-5-13(33)6-4-12)28(22(18)39)49-32-29(24(41)20(37)11(2)46-32)50-30-25(42)21(38)16(35)9-44-30/h3-8,10-11,16,19-21,23-26,29-38,40-43H,9H2,1-2H3/t10-,11-,16-,19-,20-,21-,23-,24-,25-,26-,29-,30+,31+,32+/m0/s1. The van der Waals surface area contributed by atoms with E-state index in [9.17, 15) is 55.9 Å². The normalized spacial score (nSPS) is 37.8. The van der Waals surface area contributed by atoms with Crippen LogP contribution in [0.4, 0.5) is 0 Å². The van der Waals surface area contributed by atoms with Gasteiger partial charge < -0.3 is 83.9 Å². The maximum Gasteiger partial charge on any atom is 0.239 e. The van der Waals surface area contributed by atoms with E-state index in [0.29, 0.717) is 0 Å². The molecule has 10 N–H and O–H groups in total. The van der Waals surface area contributed by atoms with E-state index < -0.39 is 115 Å². The first-order chi connectivity index (χ1) is 23.7. The fourth-order valence-electron chi connectivity index (χ4n) is 5.89. The van der Waals surface area contributed by atoms with Crippen LogP contribution in [-0.4, -0.2) is 144 Å². The predicted octanol–water partition coefficient (Wildman–Crippen LogP) is -2.25. The maximum absolute atomic E-state index is 14.1. The molecule has 0 amide bonds. The topological polar surface area (TPSA) is 288 Å². The Labute approximate surface area is 282 Å². The third-order valence-electron chi connectivity index (χ3n) is 8.86. The number of ether oxygens (including phenoxy) is 6. The van der Waals surface area contributed by atoms with Crippen molar-refractivity contribution in [1.82, 2.24) is 0 Å². The highest BCUT2D eigenvalue weighted by Crippen LogP contribution is 2.39. The number of hydrogen-bond acceptors (Lipinski definition) is 18. The molecule has 3 aliphatic rings. The Balaban J connectivity index is 1.40. The van der Waals surface area contributed by atoms with Crippen molar-refractivity contribution < 1.29 is 83.9 Å². The number of aliphatic hydroxyl groups is 8. The van der Waals surface area contributed by atoms with Crippen LogP contribution in [0.15, 0.2) is 45.6 Å². The summed E-state index contributed by atoms with van der Waals surface area (Å²) in [5, 5.41) is 103. The van der Waals surface area contributed by atoms with E-state index in [1.54, 1.807) is 0 Å². The number of aromatic hydroxyl groups is 2. The summed E-state index contributed by atoms with van der Waals surface area (Å²) in [5.74, 6) is -1.84. The van der Waals surface area contributed by atoms with Gasteiger partial charge in [0.1, 0.15) is 77.0 Å². The molecular formula is C32H38O18. The summed E-state index contributed by atoms with van der Waals surface area (Å²) in [6.45, 7) is 2.40. The minimum Gasteiger partial charge on any atom is -0.508 e. The van der Waals surface area contributed by atoms with Gasteiger partial charge in [0.25, 0.3) is 0 Å². The number of aliphatic hydroxyl groups excluding tert-OH is 8. The highest BCUT2D eigenvalue weighted by atomic mass is 16.8. The van der Waals surface area contributed by atoms with Crippen LogP contribution < -0.4 is 14.9 Å². The molecule has 0 bridgehead atoms. The molecule has 0 unspecified atom stereocenters. The minimum absolute atomic E-state index is 0.131. The Morgan fingerprint density at radius 2 is 1.32 bits per heavy atom. The van der Waals surface area contributed by atoms with Crippen LogP contribution in [0, 0.1) is 0 Å². The van der Waals surface area contributed by atoms with Gasteiger partial charge in [0, 0.05) is 17.7 Å². The van der Waals surface area contributed by atoms with Crippen LogP contribution in [0.1, 0.15) is 13.8 Å². The second-order valence-corrected chi connectivity index (χ2v) is 12.4. The first kappa shape index (κ1) is 36.2. The number of rotatable bonds is 7. The smallest absolute Gasteiger partial charge is 0.239 e. The van der Waals surface area contributed by atoms with E-state index in [1.165, 1.54) is 44.2 Å². The number of hydrogen-bond donors (Lipinski definition) is 10. The van der Waals surface area contributed by atoms with Gasteiger partial charge in [-0.3, -0.25) is 4.79 Å². The van der Waals surface area contributed by atoms with E-state index >= 15 is 0 Å². The SMILES string of the molecule is C[C@@H]1O[C@H](Oc2cc(O)c3c(=O)c(O[C@H]4O[C@@H](C)[C@H](O)[C@H](O)[C@@H]4O[C@H]4OC[C@H](O)[C@H](O)[C@@H]4O)c(-c4ccc(O)cc4)oc3c2)[C@@H](O)[C@@H](O)[C@H]1O. The van der Waals surface area contributed by atoms with Crippen molar-refractivity contribution in [3.8, 4) is 34.3 Å². The van der Waals surface area contributed by atoms with Crippen LogP contribution in [0.5, 0.6) is 23.0 Å². The van der Waals surface area contributed by atoms with Crippen LogP contribution in [-0.2, 0) is 18.9 Å². The van der Waals surface area contributed by atoms with E-state index in [0.717, 1.165) is 6.07 Å². The summed E-state index contributed by atoms with van der Waals surface area (Å²) < 4.78 is 40.0. The summed E-state index contributed by atoms with van der Waals surface area (Å²) in [4.78, 5) is 14.1. The molecule has 18 heteroatoms. The maximum atomic E-state index is 14.1. The monoisotopic (exact) mass is 710 g/mol. The van der Waals surface area contributed by atoms with Gasteiger partial charge in [-0.15, -0.1) is 0 Å². The Kier molecular flexibility index (Phi) is 10.3. The van der Waals surface area contributed by atoms with Crippen molar-refractivity contribution in [1.29, 1.82) is 0 Å². The second kappa shape index (κ2) is 14.2. The zero-order valence-corrected chi connectivity index (χ0v) is 26.5. The van der Waals surface area contributed by atoms with Gasteiger partial charge >= 0.3 is 0 Å². The van der Waals surface area contributed by atoms with Crippen molar-refractivity contribution in [3.63, 3.8) is 0 Å². The lowest BCUT2D eigenvalue weighted by Crippen LogP contribution is -2.62. The third kappa shape index (κ3) is 6.73. The summed E-state index contributed by atoms with van der Waals surface area (Å²) in [6, 6.07) is 7.53. The lowest BCUT2D eigenvalue weighted by Gasteiger charge is -2.44. The number of phenolic OH excluding ortho intramolecular Hbond substituents is 2. The molecule has 3 aliphatic heterocycles. The molecule has 0 aliphatic carbocycles. The lowest BCUT2D eigenvalue weighted by atomic mass is 9.99. The van der Waals surface area contributed by atoms with E-state index in [1.807, 2.05) is 0 Å². The molecule has 3 fully saturated rings. The Bertz CT molecular complexity index is 1710. The first-order valence-corrected chi connectivity index (χ1v) is 15.6. The largest absolute Gasteiger partial charge is 0.508 e. The average Bonchev–Trinajstić information content (AvgIpc) is 3.08. The second-order valence-electron chi connectivity index (χ2n) is 12.4. The zero-order chi connectivity index (χ0) is 36.2. The molecule has 18 nitrogen and oxygen atoms in total. The fourth-order valence-corrected chi connectivity index (χ4v) is 5.89. The highest BCUT2D eigenvalue weighted by Gasteiger charge is 2.49. The predicted molar refractivity (Wildman–Crippen MR) is 164 cm³/mol. The average molecular weight is 711 g/mol.